The second-order valence-corrected chi connectivity index (χ2v) is 5.67. The molecular weight excluding hydrogens is 330 g/mol. The Morgan fingerprint density at radius 1 is 0.850 bits per heavy atom. The lowest BCUT2D eigenvalue weighted by Crippen LogP contribution is -2.48. The molecule has 0 rings (SSSR count). The molecule has 120 valence electrons. The lowest BCUT2D eigenvalue weighted by Gasteiger charge is -2.25. The van der Waals surface area contributed by atoms with Gasteiger partial charge in [-0.1, -0.05) is 0 Å². The zero-order valence-electron chi connectivity index (χ0n) is 9.32. The maximum atomic E-state index is 10.9. The molecule has 13 nitrogen and oxygen atoms in total. The van der Waals surface area contributed by atoms with Crippen LogP contribution in [-0.4, -0.2) is 70.6 Å². The third-order valence-electron chi connectivity index (χ3n) is 1.66. The van der Waals surface area contributed by atoms with Crippen LogP contribution in [0.2, 0.25) is 0 Å². The van der Waals surface area contributed by atoms with E-state index in [9.17, 15) is 19.0 Å². The summed E-state index contributed by atoms with van der Waals surface area (Å²) in [5, 5.41) is 36.3. The molecule has 0 aliphatic carbocycles. The molecule has 1 unspecified atom stereocenters. The summed E-state index contributed by atoms with van der Waals surface area (Å²) in [5.74, 6) is -2.05. The van der Waals surface area contributed by atoms with Gasteiger partial charge >= 0.3 is 21.6 Å². The molecule has 0 saturated carbocycles. The Labute approximate surface area is 110 Å². The van der Waals surface area contributed by atoms with Crippen molar-refractivity contribution in [3.63, 3.8) is 0 Å². The first-order chi connectivity index (χ1) is 8.74. The molecule has 20 heavy (non-hydrogen) atoms. The van der Waals surface area contributed by atoms with Crippen LogP contribution in [0.1, 0.15) is 0 Å². The van der Waals surface area contributed by atoms with E-state index in [1.807, 2.05) is 0 Å². The van der Waals surface area contributed by atoms with Crippen molar-refractivity contribution in [2.45, 2.75) is 24.6 Å². The van der Waals surface area contributed by atoms with Gasteiger partial charge in [-0.3, -0.25) is 14.3 Å². The minimum absolute atomic E-state index is 2.05. The molecule has 15 heteroatoms. The fraction of sp³-hybridized carbons (Fsp3) is 0.800. The molecule has 0 heterocycles. The van der Waals surface area contributed by atoms with Crippen LogP contribution in [0.25, 0.3) is 0 Å². The summed E-state index contributed by atoms with van der Waals surface area (Å²) < 4.78 is 27.5. The van der Waals surface area contributed by atoms with Crippen molar-refractivity contribution < 1.29 is 63.0 Å². The molecule has 8 N–H and O–H groups in total. The number of carbonyl (C=O) groups excluding carboxylic acids is 1. The van der Waals surface area contributed by atoms with E-state index in [2.05, 4.69) is 9.05 Å². The van der Waals surface area contributed by atoms with E-state index in [0.29, 0.717) is 0 Å². The minimum atomic E-state index is -5.32. The SMILES string of the molecule is O=C(OP(=O)(O)O)[C@@H](O)[C@H](O)[C@@H](O)C(O)OP(=O)(O)O. The summed E-state index contributed by atoms with van der Waals surface area (Å²) in [5.41, 5.74) is 0. The largest absolute Gasteiger partial charge is 0.527 e. The Bertz CT molecular complexity index is 422. The Kier molecular flexibility index (Phi) is 6.87. The first kappa shape index (κ1) is 19.6. The van der Waals surface area contributed by atoms with Crippen molar-refractivity contribution in [3.8, 4) is 0 Å². The maximum absolute atomic E-state index is 10.9. The molecule has 4 atom stereocenters. The first-order valence-corrected chi connectivity index (χ1v) is 7.56. The van der Waals surface area contributed by atoms with E-state index < -0.39 is 46.2 Å². The highest BCUT2D eigenvalue weighted by atomic mass is 31.2. The molecule has 0 bridgehead atoms. The third kappa shape index (κ3) is 7.38. The van der Waals surface area contributed by atoms with Gasteiger partial charge in [0.15, 0.2) is 12.4 Å². The molecule has 0 aromatic rings. The molecule has 0 saturated heterocycles. The average molecular weight is 342 g/mol. The highest BCUT2D eigenvalue weighted by Crippen LogP contribution is 2.38. The second-order valence-electron chi connectivity index (χ2n) is 3.31. The van der Waals surface area contributed by atoms with Crippen molar-refractivity contribution in [1.82, 2.24) is 0 Å². The van der Waals surface area contributed by atoms with Crippen molar-refractivity contribution in [1.29, 1.82) is 0 Å². The van der Waals surface area contributed by atoms with Crippen molar-refractivity contribution >= 4 is 21.6 Å². The number of carbonyl (C=O) groups is 1. The van der Waals surface area contributed by atoms with Crippen molar-refractivity contribution in [2.75, 3.05) is 0 Å². The van der Waals surface area contributed by atoms with E-state index in [0.717, 1.165) is 0 Å². The monoisotopic (exact) mass is 342 g/mol. The number of rotatable bonds is 7. The van der Waals surface area contributed by atoms with E-state index in [1.165, 1.54) is 0 Å². The number of aliphatic hydroxyl groups excluding tert-OH is 4. The summed E-state index contributed by atoms with van der Waals surface area (Å²) in [6.45, 7) is 0. The molecule has 0 aliphatic rings. The lowest BCUT2D eigenvalue weighted by molar-refractivity contribution is -0.182. The predicted octanol–water partition coefficient (Wildman–Crippen LogP) is -3.87. The van der Waals surface area contributed by atoms with Crippen LogP contribution >= 0.6 is 15.6 Å². The van der Waals surface area contributed by atoms with Crippen LogP contribution in [0, 0.1) is 0 Å². The van der Waals surface area contributed by atoms with Crippen LogP contribution in [0.15, 0.2) is 0 Å². The topological polar surface area (TPSA) is 232 Å². The third-order valence-corrected chi connectivity index (χ3v) is 2.57. The smallest absolute Gasteiger partial charge is 0.387 e. The van der Waals surface area contributed by atoms with Crippen LogP contribution in [0.5, 0.6) is 0 Å². The summed E-state index contributed by atoms with van der Waals surface area (Å²) in [4.78, 5) is 44.0. The minimum Gasteiger partial charge on any atom is -0.387 e. The Hall–Kier alpha value is -0.430. The molecular formula is C5H12O13P2. The van der Waals surface area contributed by atoms with Gasteiger partial charge in [0.25, 0.3) is 0 Å². The zero-order chi connectivity index (χ0) is 16.3. The van der Waals surface area contributed by atoms with Gasteiger partial charge in [0.1, 0.15) is 12.2 Å². The van der Waals surface area contributed by atoms with Crippen molar-refractivity contribution in [3.05, 3.63) is 0 Å². The molecule has 0 aromatic heterocycles. The number of hydrogen-bond donors (Lipinski definition) is 8. The molecule has 0 fully saturated rings. The average Bonchev–Trinajstić information content (AvgIpc) is 2.21. The lowest BCUT2D eigenvalue weighted by atomic mass is 10.1. The Morgan fingerprint density at radius 3 is 1.65 bits per heavy atom. The maximum Gasteiger partial charge on any atom is 0.527 e. The van der Waals surface area contributed by atoms with Crippen LogP contribution in [0.3, 0.4) is 0 Å². The fourth-order valence-corrected chi connectivity index (χ4v) is 1.62. The first-order valence-electron chi connectivity index (χ1n) is 4.50. The van der Waals surface area contributed by atoms with Gasteiger partial charge < -0.3 is 34.7 Å². The van der Waals surface area contributed by atoms with Gasteiger partial charge in [-0.2, -0.15) is 0 Å². The van der Waals surface area contributed by atoms with Crippen LogP contribution in [0.4, 0.5) is 0 Å². The highest BCUT2D eigenvalue weighted by molar-refractivity contribution is 7.47. The molecule has 0 radical (unpaired) electrons. The number of phosphoric ester groups is 2. The van der Waals surface area contributed by atoms with E-state index in [1.54, 1.807) is 0 Å². The van der Waals surface area contributed by atoms with E-state index in [-0.39, 0.29) is 0 Å². The predicted molar refractivity (Wildman–Crippen MR) is 55.3 cm³/mol. The summed E-state index contributed by atoms with van der Waals surface area (Å²) in [6.07, 6.45) is -10.6. The fourth-order valence-electron chi connectivity index (χ4n) is 0.869. The summed E-state index contributed by atoms with van der Waals surface area (Å²) >= 11 is 0. The summed E-state index contributed by atoms with van der Waals surface area (Å²) in [6, 6.07) is 0. The van der Waals surface area contributed by atoms with Gasteiger partial charge in [0.2, 0.25) is 0 Å². The van der Waals surface area contributed by atoms with Crippen LogP contribution < -0.4 is 0 Å². The van der Waals surface area contributed by atoms with Gasteiger partial charge in [-0.25, -0.2) is 13.9 Å². The normalized spacial score (nSPS) is 19.0. The van der Waals surface area contributed by atoms with E-state index in [4.69, 9.17) is 34.9 Å². The quantitative estimate of drug-likeness (QED) is 0.164. The summed E-state index contributed by atoms with van der Waals surface area (Å²) in [7, 11) is -10.6. The Balaban J connectivity index is 4.72. The zero-order valence-corrected chi connectivity index (χ0v) is 11.1. The number of aliphatic hydroxyl groups is 4. The number of phosphoric acid groups is 2. The molecule has 0 amide bonds. The molecule has 0 aliphatic heterocycles. The highest BCUT2D eigenvalue weighted by Gasteiger charge is 2.40. The molecule has 0 aromatic carbocycles. The Morgan fingerprint density at radius 2 is 1.30 bits per heavy atom. The van der Waals surface area contributed by atoms with Gasteiger partial charge in [-0.05, 0) is 0 Å². The van der Waals surface area contributed by atoms with Gasteiger partial charge in [0.05, 0.1) is 0 Å². The number of hydrogen-bond acceptors (Lipinski definition) is 9. The van der Waals surface area contributed by atoms with Gasteiger partial charge in [-0.15, -0.1) is 0 Å². The molecule has 0 spiro atoms. The standard InChI is InChI=1S/C5H12O13P2/c6-1(2(7)4(9)17-19(11,12)13)3(8)5(10)18-20(14,15)16/h1-4,6-9H,(H2,11,12,13)(H2,14,15,16)/t1-,2-,3+,4?/m1/s1. The van der Waals surface area contributed by atoms with Crippen molar-refractivity contribution in [2.24, 2.45) is 0 Å². The van der Waals surface area contributed by atoms with Crippen LogP contribution in [-0.2, 0) is 23.0 Å². The van der Waals surface area contributed by atoms with E-state index >= 15 is 0 Å². The second kappa shape index (κ2) is 7.02. The van der Waals surface area contributed by atoms with Gasteiger partial charge in [0, 0.05) is 0 Å².